The second-order valence-corrected chi connectivity index (χ2v) is 2.86. The van der Waals surface area contributed by atoms with Crippen molar-refractivity contribution in [3.63, 3.8) is 0 Å². The number of aryl methyl sites for hydroxylation is 3. The summed E-state index contributed by atoms with van der Waals surface area (Å²) in [6.45, 7) is 3.86. The maximum Gasteiger partial charge on any atom is 0.126 e. The highest BCUT2D eigenvalue weighted by molar-refractivity contribution is 5.76. The van der Waals surface area contributed by atoms with Crippen LogP contribution in [0.3, 0.4) is 0 Å². The highest BCUT2D eigenvalue weighted by Gasteiger charge is 2.05. The van der Waals surface area contributed by atoms with Gasteiger partial charge < -0.3 is 0 Å². The average molecular weight is 162 g/mol. The van der Waals surface area contributed by atoms with Crippen molar-refractivity contribution < 1.29 is 0 Å². The maximum atomic E-state index is 4.26. The van der Waals surface area contributed by atoms with Crippen molar-refractivity contribution in [1.29, 1.82) is 0 Å². The molecule has 0 spiro atoms. The third-order valence-corrected chi connectivity index (χ3v) is 1.87. The normalized spacial score (nSPS) is 10.9. The van der Waals surface area contributed by atoms with Gasteiger partial charge in [0.25, 0.3) is 0 Å². The molecule has 0 atom stereocenters. The van der Waals surface area contributed by atoms with Gasteiger partial charge in [0.2, 0.25) is 0 Å². The Bertz CT molecular complexity index is 430. The van der Waals surface area contributed by atoms with E-state index in [0.29, 0.717) is 0 Å². The quantitative estimate of drug-likeness (QED) is 0.580. The minimum Gasteiger partial charge on any atom is -0.264 e. The molecule has 2 aromatic rings. The summed E-state index contributed by atoms with van der Waals surface area (Å²) in [4.78, 5) is 8.53. The fourth-order valence-corrected chi connectivity index (χ4v) is 1.42. The SMILES string of the molecule is Cc1nc(C)c2c(cnn2C)n1. The molecule has 0 aliphatic carbocycles. The van der Waals surface area contributed by atoms with E-state index in [0.717, 1.165) is 22.6 Å². The summed E-state index contributed by atoms with van der Waals surface area (Å²) in [7, 11) is 1.90. The van der Waals surface area contributed by atoms with Gasteiger partial charge in [0, 0.05) is 7.05 Å². The first-order valence-corrected chi connectivity index (χ1v) is 3.81. The third-order valence-electron chi connectivity index (χ3n) is 1.87. The molecule has 0 saturated carbocycles. The van der Waals surface area contributed by atoms with E-state index in [4.69, 9.17) is 0 Å². The molecule has 0 unspecified atom stereocenters. The Morgan fingerprint density at radius 2 is 2.00 bits per heavy atom. The van der Waals surface area contributed by atoms with Crippen LogP contribution < -0.4 is 0 Å². The number of hydrogen-bond acceptors (Lipinski definition) is 3. The van der Waals surface area contributed by atoms with Gasteiger partial charge in [0.05, 0.1) is 11.9 Å². The van der Waals surface area contributed by atoms with Crippen LogP contribution in [0.2, 0.25) is 0 Å². The van der Waals surface area contributed by atoms with E-state index < -0.39 is 0 Å². The summed E-state index contributed by atoms with van der Waals surface area (Å²) in [5.41, 5.74) is 2.92. The van der Waals surface area contributed by atoms with Gasteiger partial charge in [-0.15, -0.1) is 0 Å². The zero-order chi connectivity index (χ0) is 8.72. The molecule has 2 rings (SSSR count). The summed E-state index contributed by atoms with van der Waals surface area (Å²) in [6.07, 6.45) is 1.76. The Hall–Kier alpha value is -1.45. The number of fused-ring (bicyclic) bond motifs is 1. The van der Waals surface area contributed by atoms with Crippen LogP contribution in [0.25, 0.3) is 11.0 Å². The third kappa shape index (κ3) is 0.879. The molecule has 0 amide bonds. The molecule has 0 saturated heterocycles. The molecule has 62 valence electrons. The second kappa shape index (κ2) is 2.27. The number of rotatable bonds is 0. The van der Waals surface area contributed by atoms with Crippen LogP contribution in [0.5, 0.6) is 0 Å². The Morgan fingerprint density at radius 3 is 2.75 bits per heavy atom. The predicted octanol–water partition coefficient (Wildman–Crippen LogP) is 0.980. The molecular formula is C8H10N4. The molecule has 0 aromatic carbocycles. The standard InChI is InChI=1S/C8H10N4/c1-5-8-7(4-9-12(8)3)11-6(2)10-5/h4H,1-3H3. The van der Waals surface area contributed by atoms with Gasteiger partial charge in [-0.3, -0.25) is 4.68 Å². The fourth-order valence-electron chi connectivity index (χ4n) is 1.42. The zero-order valence-corrected chi connectivity index (χ0v) is 7.37. The van der Waals surface area contributed by atoms with Crippen molar-refractivity contribution in [2.45, 2.75) is 13.8 Å². The Kier molecular flexibility index (Phi) is 1.36. The molecule has 4 nitrogen and oxygen atoms in total. The van der Waals surface area contributed by atoms with Crippen LogP contribution in [0.1, 0.15) is 11.5 Å². The van der Waals surface area contributed by atoms with E-state index in [-0.39, 0.29) is 0 Å². The maximum absolute atomic E-state index is 4.26. The van der Waals surface area contributed by atoms with Gasteiger partial charge in [-0.05, 0) is 13.8 Å². The van der Waals surface area contributed by atoms with Gasteiger partial charge in [-0.1, -0.05) is 0 Å². The first-order valence-electron chi connectivity index (χ1n) is 3.81. The van der Waals surface area contributed by atoms with E-state index in [2.05, 4.69) is 15.1 Å². The van der Waals surface area contributed by atoms with Gasteiger partial charge in [-0.2, -0.15) is 5.10 Å². The van der Waals surface area contributed by atoms with Crippen molar-refractivity contribution in [3.05, 3.63) is 17.7 Å². The molecule has 0 fully saturated rings. The van der Waals surface area contributed by atoms with Crippen LogP contribution in [-0.4, -0.2) is 19.7 Å². The van der Waals surface area contributed by atoms with E-state index in [9.17, 15) is 0 Å². The van der Waals surface area contributed by atoms with Crippen molar-refractivity contribution in [1.82, 2.24) is 19.7 Å². The molecule has 0 bridgehead atoms. The molecule has 2 aromatic heterocycles. The lowest BCUT2D eigenvalue weighted by Crippen LogP contribution is -1.96. The summed E-state index contributed by atoms with van der Waals surface area (Å²) in [5, 5.41) is 4.11. The summed E-state index contributed by atoms with van der Waals surface area (Å²) in [6, 6.07) is 0. The summed E-state index contributed by atoms with van der Waals surface area (Å²) < 4.78 is 1.80. The highest BCUT2D eigenvalue weighted by Crippen LogP contribution is 2.12. The van der Waals surface area contributed by atoms with Crippen molar-refractivity contribution in [2.24, 2.45) is 7.05 Å². The van der Waals surface area contributed by atoms with Gasteiger partial charge in [0.1, 0.15) is 16.9 Å². The summed E-state index contributed by atoms with van der Waals surface area (Å²) in [5.74, 6) is 0.799. The molecule has 12 heavy (non-hydrogen) atoms. The fraction of sp³-hybridized carbons (Fsp3) is 0.375. The number of hydrogen-bond donors (Lipinski definition) is 0. The summed E-state index contributed by atoms with van der Waals surface area (Å²) >= 11 is 0. The van der Waals surface area contributed by atoms with Crippen LogP contribution in [0.15, 0.2) is 6.20 Å². The van der Waals surface area contributed by atoms with Crippen molar-refractivity contribution >= 4 is 11.0 Å². The van der Waals surface area contributed by atoms with Crippen LogP contribution >= 0.6 is 0 Å². The lowest BCUT2D eigenvalue weighted by molar-refractivity contribution is 0.791. The zero-order valence-electron chi connectivity index (χ0n) is 7.37. The average Bonchev–Trinajstić information content (AvgIpc) is 2.31. The van der Waals surface area contributed by atoms with Crippen LogP contribution in [-0.2, 0) is 7.05 Å². The molecule has 0 aliphatic rings. The van der Waals surface area contributed by atoms with Gasteiger partial charge in [-0.25, -0.2) is 9.97 Å². The van der Waals surface area contributed by atoms with Crippen LogP contribution in [0.4, 0.5) is 0 Å². The Balaban J connectivity index is 2.93. The van der Waals surface area contributed by atoms with E-state index in [1.807, 2.05) is 20.9 Å². The largest absolute Gasteiger partial charge is 0.264 e. The Morgan fingerprint density at radius 1 is 1.25 bits per heavy atom. The molecule has 2 heterocycles. The van der Waals surface area contributed by atoms with Gasteiger partial charge in [0.15, 0.2) is 0 Å². The van der Waals surface area contributed by atoms with Crippen molar-refractivity contribution in [3.8, 4) is 0 Å². The predicted molar refractivity (Wildman–Crippen MR) is 45.8 cm³/mol. The first-order chi connectivity index (χ1) is 5.68. The number of nitrogens with zero attached hydrogens (tertiary/aromatic N) is 4. The lowest BCUT2D eigenvalue weighted by atomic mass is 10.3. The molecule has 0 aliphatic heterocycles. The van der Waals surface area contributed by atoms with Gasteiger partial charge >= 0.3 is 0 Å². The number of aromatic nitrogens is 4. The molecular weight excluding hydrogens is 152 g/mol. The minimum absolute atomic E-state index is 0.799. The van der Waals surface area contributed by atoms with E-state index >= 15 is 0 Å². The van der Waals surface area contributed by atoms with E-state index in [1.54, 1.807) is 10.9 Å². The smallest absolute Gasteiger partial charge is 0.126 e. The van der Waals surface area contributed by atoms with Crippen LogP contribution in [0, 0.1) is 13.8 Å². The second-order valence-electron chi connectivity index (χ2n) is 2.86. The Labute approximate surface area is 70.3 Å². The minimum atomic E-state index is 0.799. The van der Waals surface area contributed by atoms with Crippen molar-refractivity contribution in [2.75, 3.05) is 0 Å². The highest BCUT2D eigenvalue weighted by atomic mass is 15.3. The molecule has 4 heteroatoms. The lowest BCUT2D eigenvalue weighted by Gasteiger charge is -1.98. The topological polar surface area (TPSA) is 43.6 Å². The first kappa shape index (κ1) is 7.21. The van der Waals surface area contributed by atoms with E-state index in [1.165, 1.54) is 0 Å². The molecule has 0 N–H and O–H groups in total. The monoisotopic (exact) mass is 162 g/mol. The molecule has 0 radical (unpaired) electrons.